The summed E-state index contributed by atoms with van der Waals surface area (Å²) >= 11 is 0. The van der Waals surface area contributed by atoms with E-state index in [-0.39, 0.29) is 5.91 Å². The van der Waals surface area contributed by atoms with Gasteiger partial charge in [-0.2, -0.15) is 0 Å². The molecule has 1 fully saturated rings. The average Bonchev–Trinajstić information content (AvgIpc) is 3.29. The topological polar surface area (TPSA) is 56.2 Å². The molecular formula is C21H23N3O2. The Morgan fingerprint density at radius 1 is 1.27 bits per heavy atom. The molecule has 4 rings (SSSR count). The predicted octanol–water partition coefficient (Wildman–Crippen LogP) is 2.94. The van der Waals surface area contributed by atoms with Crippen LogP contribution in [0.5, 0.6) is 0 Å². The van der Waals surface area contributed by atoms with Gasteiger partial charge in [-0.05, 0) is 42.5 Å². The van der Waals surface area contributed by atoms with E-state index in [2.05, 4.69) is 22.6 Å². The molecule has 1 aromatic carbocycles. The summed E-state index contributed by atoms with van der Waals surface area (Å²) in [6, 6.07) is 13.8. The van der Waals surface area contributed by atoms with Crippen molar-refractivity contribution in [3.8, 4) is 0 Å². The molecule has 26 heavy (non-hydrogen) atoms. The van der Waals surface area contributed by atoms with Crippen molar-refractivity contribution in [3.63, 3.8) is 0 Å². The molecule has 0 spiro atoms. The predicted molar refractivity (Wildman–Crippen MR) is 101 cm³/mol. The molecule has 1 atom stereocenters. The van der Waals surface area contributed by atoms with Gasteiger partial charge in [0.05, 0.1) is 0 Å². The molecule has 1 aliphatic heterocycles. The maximum Gasteiger partial charge on any atom is 0.256 e. The number of nitrogens with zero attached hydrogens (tertiary/aromatic N) is 2. The number of benzene rings is 1. The number of amides is 1. The SMILES string of the molecule is Cn1cc(CCNC(=O)C2(c3ccccc3)CCCO2)c2cccnc21. The number of hydrogen-bond donors (Lipinski definition) is 1. The molecule has 1 aliphatic rings. The Morgan fingerprint density at radius 3 is 2.88 bits per heavy atom. The highest BCUT2D eigenvalue weighted by atomic mass is 16.5. The number of rotatable bonds is 5. The van der Waals surface area contributed by atoms with Gasteiger partial charge >= 0.3 is 0 Å². The Morgan fingerprint density at radius 2 is 2.12 bits per heavy atom. The van der Waals surface area contributed by atoms with Gasteiger partial charge in [-0.3, -0.25) is 4.79 Å². The van der Waals surface area contributed by atoms with Crippen LogP contribution in [0.4, 0.5) is 0 Å². The van der Waals surface area contributed by atoms with Crippen molar-refractivity contribution < 1.29 is 9.53 Å². The second-order valence-electron chi connectivity index (χ2n) is 6.79. The summed E-state index contributed by atoms with van der Waals surface area (Å²) in [7, 11) is 1.99. The van der Waals surface area contributed by atoms with Crippen molar-refractivity contribution in [2.24, 2.45) is 7.05 Å². The Bertz CT molecular complexity index is 911. The third-order valence-corrected chi connectivity index (χ3v) is 5.12. The van der Waals surface area contributed by atoms with Gasteiger partial charge in [0.15, 0.2) is 5.60 Å². The van der Waals surface area contributed by atoms with Gasteiger partial charge < -0.3 is 14.6 Å². The van der Waals surface area contributed by atoms with Crippen LogP contribution in [0.15, 0.2) is 54.9 Å². The van der Waals surface area contributed by atoms with Crippen LogP contribution in [0.25, 0.3) is 11.0 Å². The molecule has 0 saturated carbocycles. The lowest BCUT2D eigenvalue weighted by Crippen LogP contribution is -2.44. The Balaban J connectivity index is 1.48. The number of carbonyl (C=O) groups excluding carboxylic acids is 1. The van der Waals surface area contributed by atoms with Gasteiger partial charge in [-0.1, -0.05) is 30.3 Å². The van der Waals surface area contributed by atoms with Gasteiger partial charge in [0, 0.05) is 38.0 Å². The lowest BCUT2D eigenvalue weighted by molar-refractivity contribution is -0.142. The summed E-state index contributed by atoms with van der Waals surface area (Å²) < 4.78 is 7.97. The average molecular weight is 349 g/mol. The number of carbonyl (C=O) groups is 1. The van der Waals surface area contributed by atoms with Crippen molar-refractivity contribution in [1.29, 1.82) is 0 Å². The molecule has 2 aromatic heterocycles. The molecule has 0 radical (unpaired) electrons. The van der Waals surface area contributed by atoms with Crippen molar-refractivity contribution in [2.75, 3.05) is 13.2 Å². The molecule has 5 nitrogen and oxygen atoms in total. The fourth-order valence-electron chi connectivity index (χ4n) is 3.83. The van der Waals surface area contributed by atoms with Crippen molar-refractivity contribution in [2.45, 2.75) is 24.9 Å². The number of aryl methyl sites for hydroxylation is 1. The van der Waals surface area contributed by atoms with Gasteiger partial charge in [0.25, 0.3) is 5.91 Å². The van der Waals surface area contributed by atoms with E-state index in [0.717, 1.165) is 35.9 Å². The number of aromatic nitrogens is 2. The Hall–Kier alpha value is -2.66. The fraction of sp³-hybridized carbons (Fsp3) is 0.333. The number of fused-ring (bicyclic) bond motifs is 1. The highest BCUT2D eigenvalue weighted by Gasteiger charge is 2.44. The van der Waals surface area contributed by atoms with Crippen molar-refractivity contribution >= 4 is 16.9 Å². The summed E-state index contributed by atoms with van der Waals surface area (Å²) in [6.07, 6.45) is 6.27. The molecular weight excluding hydrogens is 326 g/mol. The molecule has 3 heterocycles. The van der Waals surface area contributed by atoms with Crippen molar-refractivity contribution in [3.05, 3.63) is 66.0 Å². The molecule has 5 heteroatoms. The molecule has 1 saturated heterocycles. The van der Waals surface area contributed by atoms with Crippen LogP contribution in [0.1, 0.15) is 24.0 Å². The standard InChI is InChI=1S/C21H23N3O2/c1-24-15-16(18-9-5-12-22-19(18)24)10-13-23-20(25)21(11-6-14-26-21)17-7-3-2-4-8-17/h2-5,7-9,12,15H,6,10-11,13-14H2,1H3,(H,23,25). The summed E-state index contributed by atoms with van der Waals surface area (Å²) in [4.78, 5) is 17.4. The monoisotopic (exact) mass is 349 g/mol. The molecule has 1 unspecified atom stereocenters. The fourth-order valence-corrected chi connectivity index (χ4v) is 3.83. The van der Waals surface area contributed by atoms with Crippen LogP contribution in [-0.2, 0) is 28.6 Å². The smallest absolute Gasteiger partial charge is 0.256 e. The lowest BCUT2D eigenvalue weighted by Gasteiger charge is -2.27. The van der Waals surface area contributed by atoms with Gasteiger partial charge in [0.2, 0.25) is 0 Å². The number of ether oxygens (including phenoxy) is 1. The zero-order valence-corrected chi connectivity index (χ0v) is 14.9. The van der Waals surface area contributed by atoms with E-state index in [9.17, 15) is 4.79 Å². The molecule has 3 aromatic rings. The van der Waals surface area contributed by atoms with E-state index in [1.807, 2.05) is 48.0 Å². The Kier molecular flexibility index (Phi) is 4.47. The van der Waals surface area contributed by atoms with Crippen LogP contribution >= 0.6 is 0 Å². The largest absolute Gasteiger partial charge is 0.360 e. The van der Waals surface area contributed by atoms with E-state index in [1.54, 1.807) is 6.20 Å². The maximum absolute atomic E-state index is 13.0. The number of pyridine rings is 1. The summed E-state index contributed by atoms with van der Waals surface area (Å²) in [5.41, 5.74) is 2.25. The number of nitrogens with one attached hydrogen (secondary N) is 1. The minimum Gasteiger partial charge on any atom is -0.360 e. The first-order chi connectivity index (χ1) is 12.7. The van der Waals surface area contributed by atoms with Gasteiger partial charge in [-0.15, -0.1) is 0 Å². The van der Waals surface area contributed by atoms with Crippen LogP contribution in [-0.4, -0.2) is 28.6 Å². The van der Waals surface area contributed by atoms with E-state index in [0.29, 0.717) is 13.2 Å². The lowest BCUT2D eigenvalue weighted by atomic mass is 9.90. The van der Waals surface area contributed by atoms with E-state index >= 15 is 0 Å². The first-order valence-electron chi connectivity index (χ1n) is 9.07. The first kappa shape index (κ1) is 16.8. The highest BCUT2D eigenvalue weighted by molar-refractivity contribution is 5.87. The summed E-state index contributed by atoms with van der Waals surface area (Å²) in [5.74, 6) is -0.0421. The third-order valence-electron chi connectivity index (χ3n) is 5.12. The van der Waals surface area contributed by atoms with Crippen LogP contribution in [0.3, 0.4) is 0 Å². The minimum atomic E-state index is -0.846. The first-order valence-corrected chi connectivity index (χ1v) is 9.07. The van der Waals surface area contributed by atoms with Crippen LogP contribution < -0.4 is 5.32 Å². The second-order valence-corrected chi connectivity index (χ2v) is 6.79. The van der Waals surface area contributed by atoms with Crippen LogP contribution in [0, 0.1) is 0 Å². The van der Waals surface area contributed by atoms with Gasteiger partial charge in [-0.25, -0.2) is 4.98 Å². The molecule has 0 bridgehead atoms. The zero-order chi connectivity index (χ0) is 18.0. The Labute approximate surface area is 153 Å². The summed E-state index contributed by atoms with van der Waals surface area (Å²) in [6.45, 7) is 1.20. The van der Waals surface area contributed by atoms with E-state index in [1.165, 1.54) is 5.56 Å². The van der Waals surface area contributed by atoms with Crippen molar-refractivity contribution in [1.82, 2.24) is 14.9 Å². The zero-order valence-electron chi connectivity index (χ0n) is 14.9. The molecule has 1 N–H and O–H groups in total. The molecule has 0 aliphatic carbocycles. The second kappa shape index (κ2) is 6.92. The van der Waals surface area contributed by atoms with Crippen LogP contribution in [0.2, 0.25) is 0 Å². The minimum absolute atomic E-state index is 0.0421. The van der Waals surface area contributed by atoms with E-state index < -0.39 is 5.60 Å². The maximum atomic E-state index is 13.0. The quantitative estimate of drug-likeness (QED) is 0.770. The summed E-state index contributed by atoms with van der Waals surface area (Å²) in [5, 5.41) is 4.23. The highest BCUT2D eigenvalue weighted by Crippen LogP contribution is 2.36. The third kappa shape index (κ3) is 2.88. The normalized spacial score (nSPS) is 19.7. The van der Waals surface area contributed by atoms with Gasteiger partial charge in [0.1, 0.15) is 5.65 Å². The molecule has 1 amide bonds. The molecule has 134 valence electrons. The van der Waals surface area contributed by atoms with E-state index in [4.69, 9.17) is 4.74 Å². The number of hydrogen-bond acceptors (Lipinski definition) is 3.